The minimum absolute atomic E-state index is 0.00424. The van der Waals surface area contributed by atoms with Crippen molar-refractivity contribution in [3.8, 4) is 0 Å². The van der Waals surface area contributed by atoms with Crippen molar-refractivity contribution >= 4 is 49.0 Å². The molecule has 3 aliphatic rings. The Kier molecular flexibility index (Phi) is 4.23. The van der Waals surface area contributed by atoms with Crippen molar-refractivity contribution in [2.24, 2.45) is 0 Å². The van der Waals surface area contributed by atoms with Crippen LogP contribution >= 0.6 is 38.4 Å². The Morgan fingerprint density at radius 2 is 1.67 bits per heavy atom. The Morgan fingerprint density at radius 1 is 1.05 bits per heavy atom. The van der Waals surface area contributed by atoms with Gasteiger partial charge in [0, 0.05) is 15.0 Å². The summed E-state index contributed by atoms with van der Waals surface area (Å²) in [6.45, 7) is 7.08. The van der Waals surface area contributed by atoms with Gasteiger partial charge in [0.05, 0.1) is 0 Å². The maximum Gasteiger partial charge on any atom is 0.0357 e. The first-order chi connectivity index (χ1) is 10.2. The molecular weight excluding hydrogens is 405 g/mol. The van der Waals surface area contributed by atoms with Gasteiger partial charge in [0.15, 0.2) is 0 Å². The summed E-state index contributed by atoms with van der Waals surface area (Å²) in [6, 6.07) is 9.55. The van der Waals surface area contributed by atoms with Gasteiger partial charge in [-0.2, -0.15) is 0 Å². The number of hydrogen-bond acceptors (Lipinski definition) is 0. The van der Waals surface area contributed by atoms with E-state index in [1.807, 2.05) is 0 Å². The normalized spacial score (nSPS) is 41.3. The lowest BCUT2D eigenvalue weighted by Gasteiger charge is -2.27. The van der Waals surface area contributed by atoms with Crippen molar-refractivity contribution < 1.29 is 0 Å². The van der Waals surface area contributed by atoms with E-state index in [4.69, 9.17) is 0 Å². The van der Waals surface area contributed by atoms with Gasteiger partial charge in [-0.1, -0.05) is 81.8 Å². The summed E-state index contributed by atoms with van der Waals surface area (Å²) >= 11 is 2.74. The maximum absolute atomic E-state index is 4.67. The van der Waals surface area contributed by atoms with E-state index >= 15 is 0 Å². The fourth-order valence-electron chi connectivity index (χ4n) is 4.59. The van der Waals surface area contributed by atoms with Crippen LogP contribution in [-0.2, 0) is 0 Å². The van der Waals surface area contributed by atoms with E-state index in [9.17, 15) is 0 Å². The molecule has 0 aromatic heterocycles. The lowest BCUT2D eigenvalue weighted by molar-refractivity contribution is 0.718. The highest BCUT2D eigenvalue weighted by Gasteiger charge is 2.48. The van der Waals surface area contributed by atoms with Gasteiger partial charge >= 0.3 is 0 Å². The van der Waals surface area contributed by atoms with Gasteiger partial charge in [0.25, 0.3) is 0 Å². The molecule has 0 radical (unpaired) electrons. The molecule has 3 heteroatoms. The van der Waals surface area contributed by atoms with Crippen LogP contribution in [0.4, 0.5) is 0 Å². The van der Waals surface area contributed by atoms with Crippen LogP contribution in [0, 0.1) is 0 Å². The fraction of sp³-hybridized carbons (Fsp3) is 0.556. The smallest absolute Gasteiger partial charge is 0.0357 e. The molecule has 3 aliphatic heterocycles. The molecule has 3 heterocycles. The van der Waals surface area contributed by atoms with Crippen LogP contribution in [0.2, 0.25) is 0 Å². The van der Waals surface area contributed by atoms with Crippen LogP contribution in [0.1, 0.15) is 39.0 Å². The van der Waals surface area contributed by atoms with Crippen LogP contribution in [0.15, 0.2) is 36.4 Å². The number of benzene rings is 1. The van der Waals surface area contributed by atoms with Crippen LogP contribution < -0.4 is 10.6 Å². The van der Waals surface area contributed by atoms with Gasteiger partial charge < -0.3 is 0 Å². The van der Waals surface area contributed by atoms with Gasteiger partial charge in [-0.05, 0) is 48.4 Å². The zero-order chi connectivity index (χ0) is 14.6. The number of halogens is 1. The Bertz CT molecular complexity index is 570. The molecule has 2 saturated heterocycles. The standard InChI is InChI=1S/C18H23IP2/c1-3-13-8-9-14-12(2)15-10-11-18(19)21(15)17-7-5-4-6-16(17)20(13)14/h4-7,13-15,18H,2-3,8-11H2,1H3/t13-,14+,15+,18+,20?,21?/m1/s1. The van der Waals surface area contributed by atoms with E-state index in [0.717, 1.165) is 20.6 Å². The summed E-state index contributed by atoms with van der Waals surface area (Å²) in [5.41, 5.74) is 4.28. The monoisotopic (exact) mass is 428 g/mol. The predicted molar refractivity (Wildman–Crippen MR) is 107 cm³/mol. The van der Waals surface area contributed by atoms with Gasteiger partial charge in [0.1, 0.15) is 0 Å². The van der Waals surface area contributed by atoms with E-state index in [0.29, 0.717) is 0 Å². The predicted octanol–water partition coefficient (Wildman–Crippen LogP) is 5.34. The van der Waals surface area contributed by atoms with E-state index < -0.39 is 0 Å². The lowest BCUT2D eigenvalue weighted by atomic mass is 10.0. The lowest BCUT2D eigenvalue weighted by Crippen LogP contribution is -2.25. The van der Waals surface area contributed by atoms with Gasteiger partial charge in [-0.25, -0.2) is 0 Å². The van der Waals surface area contributed by atoms with Crippen LogP contribution in [-0.4, -0.2) is 20.6 Å². The zero-order valence-electron chi connectivity index (χ0n) is 12.6. The van der Waals surface area contributed by atoms with Gasteiger partial charge in [-0.15, -0.1) is 0 Å². The van der Waals surface area contributed by atoms with Crippen LogP contribution in [0.25, 0.3) is 0 Å². The molecule has 2 fully saturated rings. The molecule has 0 nitrogen and oxygen atoms in total. The average Bonchev–Trinajstić information content (AvgIpc) is 3.07. The summed E-state index contributed by atoms with van der Waals surface area (Å²) in [5, 5.41) is 3.55. The second kappa shape index (κ2) is 5.88. The molecule has 0 spiro atoms. The second-order valence-corrected chi connectivity index (χ2v) is 14.2. The third kappa shape index (κ3) is 2.29. The number of rotatable bonds is 1. The number of hydrogen-bond donors (Lipinski definition) is 0. The van der Waals surface area contributed by atoms with Crippen molar-refractivity contribution in [3.63, 3.8) is 0 Å². The third-order valence-electron chi connectivity index (χ3n) is 5.58. The molecule has 0 bridgehead atoms. The van der Waals surface area contributed by atoms with E-state index in [1.54, 1.807) is 16.2 Å². The Hall–Kier alpha value is 0.550. The summed E-state index contributed by atoms with van der Waals surface area (Å²) in [5.74, 6) is 0. The molecule has 0 saturated carbocycles. The molecular formula is C18H23IP2. The molecule has 112 valence electrons. The Morgan fingerprint density at radius 3 is 2.38 bits per heavy atom. The third-order valence-corrected chi connectivity index (χ3v) is 14.9. The first-order valence-electron chi connectivity index (χ1n) is 8.20. The second-order valence-electron chi connectivity index (χ2n) is 6.56. The van der Waals surface area contributed by atoms with E-state index in [2.05, 4.69) is 60.4 Å². The highest BCUT2D eigenvalue weighted by molar-refractivity contribution is 14.1. The SMILES string of the molecule is C=C1[C@@H]2CC[C@@H](CC)P2c2ccccc2P2[C@H](I)CC[C@@H]12. The molecule has 0 N–H and O–H groups in total. The summed E-state index contributed by atoms with van der Waals surface area (Å²) in [6.07, 6.45) is 7.04. The Labute approximate surface area is 144 Å². The largest absolute Gasteiger partial charge is 0.0986 e. The summed E-state index contributed by atoms with van der Waals surface area (Å²) < 4.78 is 0.871. The summed E-state index contributed by atoms with van der Waals surface area (Å²) in [4.78, 5) is 0. The quantitative estimate of drug-likeness (QED) is 0.245. The Balaban J connectivity index is 1.89. The minimum atomic E-state index is -0.00845. The first-order valence-corrected chi connectivity index (χ1v) is 12.4. The topological polar surface area (TPSA) is 0 Å². The van der Waals surface area contributed by atoms with Crippen molar-refractivity contribution in [1.29, 1.82) is 0 Å². The number of allylic oxidation sites excluding steroid dienone is 1. The maximum atomic E-state index is 4.67. The van der Waals surface area contributed by atoms with Crippen molar-refractivity contribution in [2.45, 2.75) is 59.7 Å². The fourth-order valence-corrected chi connectivity index (χ4v) is 14.5. The molecule has 0 amide bonds. The molecule has 1 aromatic rings. The van der Waals surface area contributed by atoms with Gasteiger partial charge in [-0.3, -0.25) is 0 Å². The van der Waals surface area contributed by atoms with Gasteiger partial charge in [0.2, 0.25) is 0 Å². The van der Waals surface area contributed by atoms with Crippen molar-refractivity contribution in [3.05, 3.63) is 36.4 Å². The molecule has 1 aromatic carbocycles. The zero-order valence-corrected chi connectivity index (χ0v) is 16.6. The molecule has 4 rings (SSSR count). The first kappa shape index (κ1) is 15.1. The molecule has 0 aliphatic carbocycles. The van der Waals surface area contributed by atoms with E-state index in [-0.39, 0.29) is 15.8 Å². The molecule has 21 heavy (non-hydrogen) atoms. The molecule has 6 atom stereocenters. The van der Waals surface area contributed by atoms with Crippen LogP contribution in [0.5, 0.6) is 0 Å². The highest BCUT2D eigenvalue weighted by atomic mass is 127. The summed E-state index contributed by atoms with van der Waals surface area (Å²) in [7, 11) is -0.00422. The molecule has 2 unspecified atom stereocenters. The number of alkyl halides is 1. The van der Waals surface area contributed by atoms with Crippen LogP contribution in [0.3, 0.4) is 0 Å². The van der Waals surface area contributed by atoms with Crippen molar-refractivity contribution in [1.82, 2.24) is 0 Å². The number of fused-ring (bicyclic) bond motifs is 5. The highest BCUT2D eigenvalue weighted by Crippen LogP contribution is 2.68. The minimum Gasteiger partial charge on any atom is -0.0986 e. The van der Waals surface area contributed by atoms with E-state index in [1.165, 1.54) is 32.1 Å². The van der Waals surface area contributed by atoms with Crippen molar-refractivity contribution in [2.75, 3.05) is 0 Å². The average molecular weight is 428 g/mol.